The number of anilines is 2. The van der Waals surface area contributed by atoms with Crippen LogP contribution in [0.4, 0.5) is 11.4 Å². The molecule has 0 aliphatic heterocycles. The van der Waals surface area contributed by atoms with Crippen molar-refractivity contribution in [2.45, 2.75) is 25.7 Å². The van der Waals surface area contributed by atoms with Crippen LogP contribution in [-0.2, 0) is 10.0 Å². The van der Waals surface area contributed by atoms with Crippen LogP contribution in [0.15, 0.2) is 35.4 Å². The Morgan fingerprint density at radius 2 is 1.85 bits per heavy atom. The third kappa shape index (κ3) is 2.60. The first-order chi connectivity index (χ1) is 9.33. The first-order valence-electron chi connectivity index (χ1n) is 6.13. The minimum atomic E-state index is -3.69. The Labute approximate surface area is 118 Å². The van der Waals surface area contributed by atoms with E-state index in [9.17, 15) is 8.42 Å². The number of hydrogen-bond donors (Lipinski definition) is 2. The van der Waals surface area contributed by atoms with Crippen LogP contribution < -0.4 is 10.5 Å². The van der Waals surface area contributed by atoms with Gasteiger partial charge in [0.05, 0.1) is 16.3 Å². The van der Waals surface area contributed by atoms with Gasteiger partial charge in [0, 0.05) is 11.9 Å². The number of aryl methyl sites for hydroxylation is 2. The van der Waals surface area contributed by atoms with Gasteiger partial charge in [-0.25, -0.2) is 8.42 Å². The molecule has 0 saturated carbocycles. The molecule has 0 amide bonds. The number of nitrogens with zero attached hydrogens (tertiary/aromatic N) is 1. The standard InChI is InChI=1S/C14H17N3O2S/c1-9-6-7-12(15)10(2)14(9)20(18,19)17-13-5-4-8-16-11(13)3/h4-8,17H,15H2,1-3H3. The Kier molecular flexibility index (Phi) is 3.67. The van der Waals surface area contributed by atoms with Gasteiger partial charge < -0.3 is 5.73 Å². The number of nitrogen functional groups attached to an aromatic ring is 1. The minimum absolute atomic E-state index is 0.223. The molecule has 0 aliphatic rings. The largest absolute Gasteiger partial charge is 0.398 e. The SMILES string of the molecule is Cc1ccc(N)c(C)c1S(=O)(=O)Nc1cccnc1C. The second-order valence-corrected chi connectivity index (χ2v) is 6.29. The van der Waals surface area contributed by atoms with Gasteiger partial charge in [-0.05, 0) is 50.1 Å². The Bertz CT molecular complexity index is 755. The predicted molar refractivity (Wildman–Crippen MR) is 80.1 cm³/mol. The lowest BCUT2D eigenvalue weighted by molar-refractivity contribution is 0.600. The predicted octanol–water partition coefficient (Wildman–Crippen LogP) is 2.39. The van der Waals surface area contributed by atoms with E-state index in [-0.39, 0.29) is 4.90 Å². The summed E-state index contributed by atoms with van der Waals surface area (Å²) in [4.78, 5) is 4.29. The molecule has 0 radical (unpaired) electrons. The maximum Gasteiger partial charge on any atom is 0.262 e. The van der Waals surface area contributed by atoms with E-state index >= 15 is 0 Å². The van der Waals surface area contributed by atoms with Gasteiger partial charge in [-0.1, -0.05) is 6.07 Å². The molecule has 1 aromatic heterocycles. The molecule has 1 aromatic carbocycles. The molecular weight excluding hydrogens is 274 g/mol. The average Bonchev–Trinajstić information content (AvgIpc) is 2.37. The van der Waals surface area contributed by atoms with Crippen LogP contribution in [0.1, 0.15) is 16.8 Å². The molecular formula is C14H17N3O2S. The van der Waals surface area contributed by atoms with Crippen LogP contribution in [0, 0.1) is 20.8 Å². The lowest BCUT2D eigenvalue weighted by atomic mass is 10.1. The van der Waals surface area contributed by atoms with Crippen molar-refractivity contribution in [3.63, 3.8) is 0 Å². The van der Waals surface area contributed by atoms with Gasteiger partial charge in [0.1, 0.15) is 0 Å². The molecule has 2 rings (SSSR count). The number of aromatic nitrogens is 1. The van der Waals surface area contributed by atoms with Crippen molar-refractivity contribution >= 4 is 21.4 Å². The van der Waals surface area contributed by atoms with E-state index in [2.05, 4.69) is 9.71 Å². The van der Waals surface area contributed by atoms with E-state index in [0.717, 1.165) is 0 Å². The number of sulfonamides is 1. The van der Waals surface area contributed by atoms with Crippen molar-refractivity contribution in [2.75, 3.05) is 10.5 Å². The minimum Gasteiger partial charge on any atom is -0.398 e. The van der Waals surface area contributed by atoms with Gasteiger partial charge in [-0.3, -0.25) is 9.71 Å². The second kappa shape index (κ2) is 5.13. The van der Waals surface area contributed by atoms with Crippen LogP contribution in [-0.4, -0.2) is 13.4 Å². The molecule has 3 N–H and O–H groups in total. The van der Waals surface area contributed by atoms with Gasteiger partial charge in [-0.2, -0.15) is 0 Å². The van der Waals surface area contributed by atoms with Crippen molar-refractivity contribution < 1.29 is 8.42 Å². The lowest BCUT2D eigenvalue weighted by Gasteiger charge is -2.15. The molecule has 0 aliphatic carbocycles. The fourth-order valence-corrected chi connectivity index (χ4v) is 3.66. The van der Waals surface area contributed by atoms with Crippen molar-refractivity contribution in [3.05, 3.63) is 47.3 Å². The summed E-state index contributed by atoms with van der Waals surface area (Å²) in [5.41, 5.74) is 8.56. The summed E-state index contributed by atoms with van der Waals surface area (Å²) in [5, 5.41) is 0. The molecule has 6 heteroatoms. The highest BCUT2D eigenvalue weighted by Crippen LogP contribution is 2.27. The summed E-state index contributed by atoms with van der Waals surface area (Å²) < 4.78 is 27.7. The van der Waals surface area contributed by atoms with Gasteiger partial charge >= 0.3 is 0 Å². The van der Waals surface area contributed by atoms with Crippen molar-refractivity contribution in [1.29, 1.82) is 0 Å². The zero-order valence-electron chi connectivity index (χ0n) is 11.6. The van der Waals surface area contributed by atoms with E-state index in [1.807, 2.05) is 0 Å². The molecule has 0 unspecified atom stereocenters. The first-order valence-corrected chi connectivity index (χ1v) is 7.61. The average molecular weight is 291 g/mol. The molecule has 20 heavy (non-hydrogen) atoms. The molecule has 5 nitrogen and oxygen atoms in total. The highest BCUT2D eigenvalue weighted by atomic mass is 32.2. The Balaban J connectivity index is 2.52. The summed E-state index contributed by atoms with van der Waals surface area (Å²) in [7, 11) is -3.69. The van der Waals surface area contributed by atoms with Gasteiger partial charge in [-0.15, -0.1) is 0 Å². The Morgan fingerprint density at radius 1 is 1.15 bits per heavy atom. The van der Waals surface area contributed by atoms with Crippen LogP contribution in [0.2, 0.25) is 0 Å². The number of rotatable bonds is 3. The van der Waals surface area contributed by atoms with Crippen LogP contribution in [0.3, 0.4) is 0 Å². The Morgan fingerprint density at radius 3 is 2.50 bits per heavy atom. The summed E-state index contributed by atoms with van der Waals surface area (Å²) in [6, 6.07) is 6.77. The molecule has 0 spiro atoms. The number of nitrogens with two attached hydrogens (primary N) is 1. The number of pyridine rings is 1. The topological polar surface area (TPSA) is 85.1 Å². The fraction of sp³-hybridized carbons (Fsp3) is 0.214. The van der Waals surface area contributed by atoms with E-state index in [1.165, 1.54) is 0 Å². The van der Waals surface area contributed by atoms with E-state index in [4.69, 9.17) is 5.73 Å². The monoisotopic (exact) mass is 291 g/mol. The maximum absolute atomic E-state index is 12.6. The molecule has 2 aromatic rings. The summed E-state index contributed by atoms with van der Waals surface area (Å²) in [5.74, 6) is 0. The van der Waals surface area contributed by atoms with E-state index in [0.29, 0.717) is 28.2 Å². The van der Waals surface area contributed by atoms with Gasteiger partial charge in [0.2, 0.25) is 0 Å². The molecule has 0 atom stereocenters. The lowest BCUT2D eigenvalue weighted by Crippen LogP contribution is -2.17. The van der Waals surface area contributed by atoms with Gasteiger partial charge in [0.15, 0.2) is 0 Å². The first kappa shape index (κ1) is 14.3. The second-order valence-electron chi connectivity index (χ2n) is 4.67. The quantitative estimate of drug-likeness (QED) is 0.850. The third-order valence-corrected chi connectivity index (χ3v) is 4.82. The van der Waals surface area contributed by atoms with Crippen molar-refractivity contribution in [3.8, 4) is 0 Å². The number of nitrogens with one attached hydrogen (secondary N) is 1. The van der Waals surface area contributed by atoms with Crippen LogP contribution in [0.25, 0.3) is 0 Å². The molecule has 1 heterocycles. The van der Waals surface area contributed by atoms with Crippen LogP contribution in [0.5, 0.6) is 0 Å². The normalized spacial score (nSPS) is 11.3. The molecule has 0 fully saturated rings. The number of benzene rings is 1. The smallest absolute Gasteiger partial charge is 0.262 e. The molecule has 0 bridgehead atoms. The number of hydrogen-bond acceptors (Lipinski definition) is 4. The van der Waals surface area contributed by atoms with Crippen LogP contribution >= 0.6 is 0 Å². The fourth-order valence-electron chi connectivity index (χ4n) is 2.04. The highest BCUT2D eigenvalue weighted by Gasteiger charge is 2.21. The van der Waals surface area contributed by atoms with Gasteiger partial charge in [0.25, 0.3) is 10.0 Å². The van der Waals surface area contributed by atoms with Crippen molar-refractivity contribution in [2.24, 2.45) is 0 Å². The summed E-state index contributed by atoms with van der Waals surface area (Å²) >= 11 is 0. The highest BCUT2D eigenvalue weighted by molar-refractivity contribution is 7.92. The summed E-state index contributed by atoms with van der Waals surface area (Å²) in [6.07, 6.45) is 1.62. The van der Waals surface area contributed by atoms with E-state index in [1.54, 1.807) is 51.2 Å². The molecule has 0 saturated heterocycles. The summed E-state index contributed by atoms with van der Waals surface area (Å²) in [6.45, 7) is 5.20. The maximum atomic E-state index is 12.6. The Hall–Kier alpha value is -2.08. The van der Waals surface area contributed by atoms with Crippen molar-refractivity contribution in [1.82, 2.24) is 4.98 Å². The van der Waals surface area contributed by atoms with E-state index < -0.39 is 10.0 Å². The molecule has 106 valence electrons. The zero-order valence-corrected chi connectivity index (χ0v) is 12.5. The third-order valence-electron chi connectivity index (χ3n) is 3.16. The zero-order chi connectivity index (χ0) is 14.9.